The quantitative estimate of drug-likeness (QED) is 0.638. The molecule has 0 bridgehead atoms. The van der Waals surface area contributed by atoms with Gasteiger partial charge in [0.15, 0.2) is 0 Å². The Morgan fingerprint density at radius 1 is 1.58 bits per heavy atom. The summed E-state index contributed by atoms with van der Waals surface area (Å²) in [6.45, 7) is 3.68. The van der Waals surface area contributed by atoms with Crippen LogP contribution in [-0.2, 0) is 0 Å². The maximum absolute atomic E-state index is 11.9. The highest BCUT2D eigenvalue weighted by atomic mass is 79.9. The third-order valence-corrected chi connectivity index (χ3v) is 3.52. The first kappa shape index (κ1) is 15.6. The number of amides is 1. The van der Waals surface area contributed by atoms with Gasteiger partial charge in [0, 0.05) is 34.8 Å². The highest BCUT2D eigenvalue weighted by Crippen LogP contribution is 2.27. The van der Waals surface area contributed by atoms with Crippen LogP contribution in [-0.4, -0.2) is 29.1 Å². The van der Waals surface area contributed by atoms with Crippen molar-refractivity contribution in [2.75, 3.05) is 13.2 Å². The third-order valence-electron chi connectivity index (χ3n) is 2.70. The number of benzene rings is 1. The van der Waals surface area contributed by atoms with Crippen LogP contribution in [0.1, 0.15) is 22.8 Å². The van der Waals surface area contributed by atoms with Crippen molar-refractivity contribution in [3.05, 3.63) is 37.8 Å². The molecule has 1 amide bonds. The molecule has 1 unspecified atom stereocenters. The van der Waals surface area contributed by atoms with E-state index in [9.17, 15) is 14.9 Å². The Kier molecular flexibility index (Phi) is 5.44. The molecule has 0 spiro atoms. The molecule has 7 heteroatoms. The molecule has 104 valence electrons. The molecule has 6 nitrogen and oxygen atoms in total. The molecule has 0 heterocycles. The van der Waals surface area contributed by atoms with Crippen LogP contribution < -0.4 is 5.32 Å². The van der Waals surface area contributed by atoms with Gasteiger partial charge in [-0.15, -0.1) is 0 Å². The van der Waals surface area contributed by atoms with E-state index in [1.54, 1.807) is 19.9 Å². The number of carbonyl (C=O) groups is 1. The molecule has 0 saturated heterocycles. The lowest BCUT2D eigenvalue weighted by molar-refractivity contribution is -0.385. The van der Waals surface area contributed by atoms with Gasteiger partial charge in [0.05, 0.1) is 4.92 Å². The van der Waals surface area contributed by atoms with Crippen LogP contribution in [0.15, 0.2) is 16.6 Å². The first-order valence-corrected chi connectivity index (χ1v) is 6.49. The summed E-state index contributed by atoms with van der Waals surface area (Å²) in [5.74, 6) is -0.461. The predicted molar refractivity (Wildman–Crippen MR) is 74.1 cm³/mol. The van der Waals surface area contributed by atoms with Gasteiger partial charge in [0.2, 0.25) is 0 Å². The Hall–Kier alpha value is -1.47. The molecule has 19 heavy (non-hydrogen) atoms. The number of hydrogen-bond acceptors (Lipinski definition) is 4. The second kappa shape index (κ2) is 6.63. The third kappa shape index (κ3) is 4.00. The summed E-state index contributed by atoms with van der Waals surface area (Å²) in [6.07, 6.45) is 0. The molecule has 0 aromatic heterocycles. The number of hydrogen-bond donors (Lipinski definition) is 2. The number of halogens is 1. The molecule has 1 aromatic carbocycles. The zero-order chi connectivity index (χ0) is 14.6. The fourth-order valence-corrected chi connectivity index (χ4v) is 1.87. The second-order valence-corrected chi connectivity index (χ2v) is 5.21. The first-order chi connectivity index (χ1) is 8.86. The lowest BCUT2D eigenvalue weighted by atomic mass is 10.1. The van der Waals surface area contributed by atoms with Crippen LogP contribution in [0.3, 0.4) is 0 Å². The maximum atomic E-state index is 11.9. The van der Waals surface area contributed by atoms with Crippen molar-refractivity contribution in [1.29, 1.82) is 0 Å². The molecule has 1 aromatic rings. The summed E-state index contributed by atoms with van der Waals surface area (Å²) in [5, 5.41) is 22.4. The summed E-state index contributed by atoms with van der Waals surface area (Å²) < 4.78 is 0.516. The van der Waals surface area contributed by atoms with Crippen LogP contribution in [0.5, 0.6) is 0 Å². The molecular formula is C12H15BrN2O4. The van der Waals surface area contributed by atoms with Crippen molar-refractivity contribution in [3.8, 4) is 0 Å². The zero-order valence-corrected chi connectivity index (χ0v) is 12.2. The fourth-order valence-electron chi connectivity index (χ4n) is 1.42. The van der Waals surface area contributed by atoms with Gasteiger partial charge in [-0.05, 0) is 18.9 Å². The summed E-state index contributed by atoms with van der Waals surface area (Å²) in [7, 11) is 0. The Morgan fingerprint density at radius 2 is 2.21 bits per heavy atom. The highest BCUT2D eigenvalue weighted by Gasteiger charge is 2.18. The number of nitrogens with one attached hydrogen (secondary N) is 1. The molecule has 0 radical (unpaired) electrons. The standard InChI is InChI=1S/C12H15BrN2O4/c1-7(6-16)5-14-12(17)9-3-10(13)8(2)11(4-9)15(18)19/h3-4,7,16H,5-6H2,1-2H3,(H,14,17). The van der Waals surface area contributed by atoms with Gasteiger partial charge in [0.1, 0.15) is 0 Å². The second-order valence-electron chi connectivity index (χ2n) is 4.36. The Morgan fingerprint density at radius 3 is 2.74 bits per heavy atom. The Labute approximate surface area is 119 Å². The van der Waals surface area contributed by atoms with Gasteiger partial charge >= 0.3 is 0 Å². The van der Waals surface area contributed by atoms with E-state index in [2.05, 4.69) is 21.2 Å². The molecule has 1 atom stereocenters. The minimum atomic E-state index is -0.521. The maximum Gasteiger partial charge on any atom is 0.274 e. The van der Waals surface area contributed by atoms with Crippen LogP contribution in [0.25, 0.3) is 0 Å². The minimum absolute atomic E-state index is 0.0297. The number of aliphatic hydroxyl groups is 1. The van der Waals surface area contributed by atoms with E-state index < -0.39 is 10.8 Å². The molecular weight excluding hydrogens is 316 g/mol. The highest BCUT2D eigenvalue weighted by molar-refractivity contribution is 9.10. The topological polar surface area (TPSA) is 92.5 Å². The lowest BCUT2D eigenvalue weighted by Gasteiger charge is -2.10. The normalized spacial score (nSPS) is 12.0. The Bertz CT molecular complexity index is 505. The van der Waals surface area contributed by atoms with Gasteiger partial charge in [-0.1, -0.05) is 22.9 Å². The van der Waals surface area contributed by atoms with Crippen LogP contribution in [0.4, 0.5) is 5.69 Å². The Balaban J connectivity index is 2.95. The van der Waals surface area contributed by atoms with E-state index in [0.29, 0.717) is 16.6 Å². The van der Waals surface area contributed by atoms with E-state index in [1.807, 2.05) is 0 Å². The summed E-state index contributed by atoms with van der Waals surface area (Å²) in [6, 6.07) is 2.79. The molecule has 0 saturated carbocycles. The molecule has 0 fully saturated rings. The van der Waals surface area contributed by atoms with Gasteiger partial charge in [0.25, 0.3) is 11.6 Å². The van der Waals surface area contributed by atoms with Crippen LogP contribution >= 0.6 is 15.9 Å². The summed E-state index contributed by atoms with van der Waals surface area (Å²) >= 11 is 3.20. The monoisotopic (exact) mass is 330 g/mol. The van der Waals surface area contributed by atoms with Crippen molar-refractivity contribution >= 4 is 27.5 Å². The number of carbonyl (C=O) groups excluding carboxylic acids is 1. The van der Waals surface area contributed by atoms with E-state index in [4.69, 9.17) is 5.11 Å². The lowest BCUT2D eigenvalue weighted by Crippen LogP contribution is -2.29. The van der Waals surface area contributed by atoms with Crippen molar-refractivity contribution in [1.82, 2.24) is 5.32 Å². The smallest absolute Gasteiger partial charge is 0.274 e. The van der Waals surface area contributed by atoms with Crippen LogP contribution in [0, 0.1) is 23.0 Å². The van der Waals surface area contributed by atoms with Gasteiger partial charge in [-0.25, -0.2) is 0 Å². The van der Waals surface area contributed by atoms with Gasteiger partial charge in [-0.3, -0.25) is 14.9 Å². The average molecular weight is 331 g/mol. The first-order valence-electron chi connectivity index (χ1n) is 5.70. The summed E-state index contributed by atoms with van der Waals surface area (Å²) in [5.41, 5.74) is 0.592. The number of nitro groups is 1. The molecule has 0 aliphatic carbocycles. The average Bonchev–Trinajstić information content (AvgIpc) is 2.37. The van der Waals surface area contributed by atoms with E-state index >= 15 is 0 Å². The van der Waals surface area contributed by atoms with E-state index in [1.165, 1.54) is 6.07 Å². The van der Waals surface area contributed by atoms with E-state index in [-0.39, 0.29) is 23.8 Å². The molecule has 0 aliphatic rings. The van der Waals surface area contributed by atoms with Crippen molar-refractivity contribution in [2.24, 2.45) is 5.92 Å². The van der Waals surface area contributed by atoms with Crippen LogP contribution in [0.2, 0.25) is 0 Å². The van der Waals surface area contributed by atoms with E-state index in [0.717, 1.165) is 0 Å². The SMILES string of the molecule is Cc1c(Br)cc(C(=O)NCC(C)CO)cc1[N+](=O)[O-]. The van der Waals surface area contributed by atoms with Crippen molar-refractivity contribution in [2.45, 2.75) is 13.8 Å². The number of nitrogens with zero attached hydrogens (tertiary/aromatic N) is 1. The number of aliphatic hydroxyl groups excluding tert-OH is 1. The number of nitro benzene ring substituents is 1. The number of rotatable bonds is 5. The van der Waals surface area contributed by atoms with Crippen molar-refractivity contribution < 1.29 is 14.8 Å². The molecule has 1 rings (SSSR count). The van der Waals surface area contributed by atoms with Gasteiger partial charge < -0.3 is 10.4 Å². The van der Waals surface area contributed by atoms with Crippen molar-refractivity contribution in [3.63, 3.8) is 0 Å². The summed E-state index contributed by atoms with van der Waals surface area (Å²) in [4.78, 5) is 22.2. The largest absolute Gasteiger partial charge is 0.396 e. The predicted octanol–water partition coefficient (Wildman–Crippen LogP) is 2.02. The van der Waals surface area contributed by atoms with Gasteiger partial charge in [-0.2, -0.15) is 0 Å². The molecule has 0 aliphatic heterocycles. The molecule has 2 N–H and O–H groups in total. The fraction of sp³-hybridized carbons (Fsp3) is 0.417. The minimum Gasteiger partial charge on any atom is -0.396 e. The zero-order valence-electron chi connectivity index (χ0n) is 10.6.